The fraction of sp³-hybridized carbons (Fsp3) is 0.0833. The van der Waals surface area contributed by atoms with Crippen LogP contribution in [-0.4, -0.2) is 4.98 Å². The molecule has 0 amide bonds. The lowest BCUT2D eigenvalue weighted by Crippen LogP contribution is -2.02. The largest absolute Gasteiger partial charge is 0.397 e. The fourth-order valence-electron chi connectivity index (χ4n) is 1.37. The second-order valence-electron chi connectivity index (χ2n) is 3.58. The van der Waals surface area contributed by atoms with Gasteiger partial charge in [-0.05, 0) is 39.7 Å². The molecule has 0 radical (unpaired) electrons. The van der Waals surface area contributed by atoms with E-state index in [0.717, 1.165) is 20.9 Å². The number of nitrogen functional groups attached to an aromatic ring is 1. The van der Waals surface area contributed by atoms with Crippen molar-refractivity contribution in [2.75, 3.05) is 11.1 Å². The van der Waals surface area contributed by atoms with Crippen LogP contribution in [0.15, 0.2) is 41.0 Å². The highest BCUT2D eigenvalue weighted by atomic mass is 79.9. The fourth-order valence-corrected chi connectivity index (χ4v) is 2.00. The molecule has 3 nitrogen and oxygen atoms in total. The van der Waals surface area contributed by atoms with Gasteiger partial charge < -0.3 is 11.1 Å². The number of nitrogens with two attached hydrogens (primary N) is 1. The molecule has 3 N–H and O–H groups in total. The Balaban J connectivity index is 2.04. The van der Waals surface area contributed by atoms with E-state index in [-0.39, 0.29) is 0 Å². The van der Waals surface area contributed by atoms with Crippen LogP contribution in [0.1, 0.15) is 5.56 Å². The summed E-state index contributed by atoms with van der Waals surface area (Å²) in [6.07, 6.45) is 1.62. The number of hydrogen-bond donors (Lipinski definition) is 2. The van der Waals surface area contributed by atoms with E-state index in [2.05, 4.69) is 26.2 Å². The molecule has 1 aromatic heterocycles. The Bertz CT molecular complexity index is 514. The number of benzene rings is 1. The molecule has 0 saturated carbocycles. The molecule has 0 aliphatic rings. The van der Waals surface area contributed by atoms with E-state index in [1.165, 1.54) is 0 Å². The highest BCUT2D eigenvalue weighted by Gasteiger charge is 2.01. The second-order valence-corrected chi connectivity index (χ2v) is 4.87. The van der Waals surface area contributed by atoms with Crippen molar-refractivity contribution in [1.82, 2.24) is 4.98 Å². The minimum absolute atomic E-state index is 0.633. The van der Waals surface area contributed by atoms with E-state index in [9.17, 15) is 0 Å². The summed E-state index contributed by atoms with van der Waals surface area (Å²) in [7, 11) is 0. The third-order valence-corrected chi connectivity index (χ3v) is 3.09. The molecule has 0 aliphatic carbocycles. The average molecular weight is 313 g/mol. The predicted molar refractivity (Wildman–Crippen MR) is 75.1 cm³/mol. The zero-order chi connectivity index (χ0) is 12.3. The van der Waals surface area contributed by atoms with Crippen LogP contribution in [0.25, 0.3) is 0 Å². The molecule has 5 heteroatoms. The van der Waals surface area contributed by atoms with Gasteiger partial charge in [-0.3, -0.25) is 0 Å². The highest BCUT2D eigenvalue weighted by molar-refractivity contribution is 9.10. The number of anilines is 2. The molecular formula is C12H11BrClN3. The molecule has 0 bridgehead atoms. The monoisotopic (exact) mass is 311 g/mol. The quantitative estimate of drug-likeness (QED) is 0.908. The van der Waals surface area contributed by atoms with Crippen molar-refractivity contribution in [3.8, 4) is 0 Å². The lowest BCUT2D eigenvalue weighted by atomic mass is 10.2. The summed E-state index contributed by atoms with van der Waals surface area (Å²) in [5.41, 5.74) is 7.39. The van der Waals surface area contributed by atoms with Gasteiger partial charge in [0.15, 0.2) is 0 Å². The van der Waals surface area contributed by atoms with Gasteiger partial charge in [-0.25, -0.2) is 4.98 Å². The van der Waals surface area contributed by atoms with E-state index in [1.54, 1.807) is 6.20 Å². The number of rotatable bonds is 3. The molecule has 0 unspecified atom stereocenters. The first kappa shape index (κ1) is 12.2. The standard InChI is InChI=1S/C12H11BrClN3/c13-11-5-10(15)7-17-12(11)16-6-8-1-3-9(14)4-2-8/h1-5,7H,6,15H2,(H,16,17). The van der Waals surface area contributed by atoms with Crippen molar-refractivity contribution in [2.24, 2.45) is 0 Å². The first-order chi connectivity index (χ1) is 8.15. The maximum absolute atomic E-state index is 5.82. The average Bonchev–Trinajstić information content (AvgIpc) is 2.30. The third kappa shape index (κ3) is 3.35. The number of pyridine rings is 1. The molecule has 0 aliphatic heterocycles. The van der Waals surface area contributed by atoms with E-state index < -0.39 is 0 Å². The maximum atomic E-state index is 5.82. The van der Waals surface area contributed by atoms with Gasteiger partial charge >= 0.3 is 0 Å². The van der Waals surface area contributed by atoms with Crippen LogP contribution in [0, 0.1) is 0 Å². The Kier molecular flexibility index (Phi) is 3.86. The molecule has 0 fully saturated rings. The molecule has 0 spiro atoms. The van der Waals surface area contributed by atoms with Gasteiger partial charge in [-0.2, -0.15) is 0 Å². The van der Waals surface area contributed by atoms with Gasteiger partial charge in [0, 0.05) is 11.6 Å². The van der Waals surface area contributed by atoms with Crippen molar-refractivity contribution in [1.29, 1.82) is 0 Å². The smallest absolute Gasteiger partial charge is 0.140 e. The van der Waals surface area contributed by atoms with Crippen molar-refractivity contribution in [3.63, 3.8) is 0 Å². The number of aromatic nitrogens is 1. The summed E-state index contributed by atoms with van der Waals surface area (Å²) in [5, 5.41) is 3.96. The molecule has 17 heavy (non-hydrogen) atoms. The van der Waals surface area contributed by atoms with Gasteiger partial charge in [-0.1, -0.05) is 23.7 Å². The molecule has 2 aromatic rings. The molecular weight excluding hydrogens is 302 g/mol. The van der Waals surface area contributed by atoms with Gasteiger partial charge in [0.25, 0.3) is 0 Å². The first-order valence-corrected chi connectivity index (χ1v) is 6.21. The minimum atomic E-state index is 0.633. The van der Waals surface area contributed by atoms with Crippen LogP contribution in [0.3, 0.4) is 0 Å². The summed E-state index contributed by atoms with van der Waals surface area (Å²) in [6.45, 7) is 0.687. The summed E-state index contributed by atoms with van der Waals surface area (Å²) >= 11 is 9.22. The van der Waals surface area contributed by atoms with Crippen molar-refractivity contribution >= 4 is 39.0 Å². The number of nitrogens with zero attached hydrogens (tertiary/aromatic N) is 1. The third-order valence-electron chi connectivity index (χ3n) is 2.24. The molecule has 1 aromatic carbocycles. The molecule has 0 atom stereocenters. The number of hydrogen-bond acceptors (Lipinski definition) is 3. The zero-order valence-electron chi connectivity index (χ0n) is 8.95. The van der Waals surface area contributed by atoms with Crippen LogP contribution < -0.4 is 11.1 Å². The van der Waals surface area contributed by atoms with E-state index in [4.69, 9.17) is 17.3 Å². The van der Waals surface area contributed by atoms with Crippen LogP contribution in [0.4, 0.5) is 11.5 Å². The number of nitrogens with one attached hydrogen (secondary N) is 1. The van der Waals surface area contributed by atoms with Gasteiger partial charge in [0.1, 0.15) is 5.82 Å². The summed E-state index contributed by atoms with van der Waals surface area (Å²) in [4.78, 5) is 4.20. The van der Waals surface area contributed by atoms with Gasteiger partial charge in [-0.15, -0.1) is 0 Å². The Morgan fingerprint density at radius 2 is 2.00 bits per heavy atom. The summed E-state index contributed by atoms with van der Waals surface area (Å²) < 4.78 is 0.853. The van der Waals surface area contributed by atoms with Crippen LogP contribution in [0.2, 0.25) is 5.02 Å². The van der Waals surface area contributed by atoms with Crippen LogP contribution >= 0.6 is 27.5 Å². The lowest BCUT2D eigenvalue weighted by Gasteiger charge is -2.08. The Labute approximate surface area is 113 Å². The minimum Gasteiger partial charge on any atom is -0.397 e. The van der Waals surface area contributed by atoms with Gasteiger partial charge in [0.05, 0.1) is 16.4 Å². The van der Waals surface area contributed by atoms with Crippen molar-refractivity contribution in [3.05, 3.63) is 51.6 Å². The molecule has 88 valence electrons. The highest BCUT2D eigenvalue weighted by Crippen LogP contribution is 2.22. The normalized spacial score (nSPS) is 10.2. The van der Waals surface area contributed by atoms with E-state index >= 15 is 0 Å². The van der Waals surface area contributed by atoms with E-state index in [0.29, 0.717) is 12.2 Å². The predicted octanol–water partition coefficient (Wildman–Crippen LogP) is 3.69. The lowest BCUT2D eigenvalue weighted by molar-refractivity contribution is 1.11. The van der Waals surface area contributed by atoms with Crippen LogP contribution in [0.5, 0.6) is 0 Å². The Morgan fingerprint density at radius 3 is 2.65 bits per heavy atom. The SMILES string of the molecule is Nc1cnc(NCc2ccc(Cl)cc2)c(Br)c1. The molecule has 1 heterocycles. The Hall–Kier alpha value is -1.26. The molecule has 0 saturated heterocycles. The topological polar surface area (TPSA) is 50.9 Å². The molecule has 2 rings (SSSR count). The summed E-state index contributed by atoms with van der Waals surface area (Å²) in [6, 6.07) is 9.49. The number of halogens is 2. The summed E-state index contributed by atoms with van der Waals surface area (Å²) in [5.74, 6) is 0.772. The Morgan fingerprint density at radius 1 is 1.29 bits per heavy atom. The first-order valence-electron chi connectivity index (χ1n) is 5.04. The zero-order valence-corrected chi connectivity index (χ0v) is 11.3. The van der Waals surface area contributed by atoms with Gasteiger partial charge in [0.2, 0.25) is 0 Å². The second kappa shape index (κ2) is 5.38. The van der Waals surface area contributed by atoms with E-state index in [1.807, 2.05) is 30.3 Å². The van der Waals surface area contributed by atoms with Crippen LogP contribution in [-0.2, 0) is 6.54 Å². The van der Waals surface area contributed by atoms with Crippen molar-refractivity contribution < 1.29 is 0 Å². The maximum Gasteiger partial charge on any atom is 0.140 e. The van der Waals surface area contributed by atoms with Crippen molar-refractivity contribution in [2.45, 2.75) is 6.54 Å².